The van der Waals surface area contributed by atoms with E-state index in [1.54, 1.807) is 0 Å². The van der Waals surface area contributed by atoms with Crippen molar-refractivity contribution in [1.82, 2.24) is 0 Å². The summed E-state index contributed by atoms with van der Waals surface area (Å²) in [6.07, 6.45) is 0. The zero-order valence-electron chi connectivity index (χ0n) is 9.15. The van der Waals surface area contributed by atoms with Crippen LogP contribution in [0.25, 0.3) is 0 Å². The molecule has 0 amide bonds. The van der Waals surface area contributed by atoms with Crippen molar-refractivity contribution < 1.29 is 19.2 Å². The summed E-state index contributed by atoms with van der Waals surface area (Å²) in [5, 5.41) is 0. The molecule has 0 atom stereocenters. The summed E-state index contributed by atoms with van der Waals surface area (Å²) >= 11 is 0. The second kappa shape index (κ2) is 50.4. The van der Waals surface area contributed by atoms with Crippen LogP contribution in [-0.2, 0) is 4.57 Å². The first kappa shape index (κ1) is 70.8. The molecule has 0 heterocycles. The Bertz CT molecular complexity index is 63.6. The minimum Gasteiger partial charge on any atom is -0.822 e. The van der Waals surface area contributed by atoms with E-state index in [2.05, 4.69) is 0 Å². The number of rotatable bonds is 0. The van der Waals surface area contributed by atoms with Gasteiger partial charge >= 0.3 is 377 Å². The van der Waals surface area contributed by atoms with Gasteiger partial charge in [-0.05, 0) is 0 Å². The van der Waals surface area contributed by atoms with Gasteiger partial charge in [-0.15, -0.1) is 0 Å². The molecule has 4 nitrogen and oxygen atoms in total. The van der Waals surface area contributed by atoms with E-state index < -0.39 is 7.82 Å². The molecule has 0 unspecified atom stereocenters. The third kappa shape index (κ3) is 101. The molecule has 0 N–H and O–H groups in total. The minimum absolute atomic E-state index is 0. The van der Waals surface area contributed by atoms with Crippen molar-refractivity contribution in [2.75, 3.05) is 0 Å². The first-order valence-corrected chi connectivity index (χ1v) is 2.19. The Balaban J connectivity index is -0.00000000178. The monoisotopic (exact) mass is 495 g/mol. The van der Waals surface area contributed by atoms with Crippen molar-refractivity contribution in [3.05, 3.63) is 0 Å². The van der Waals surface area contributed by atoms with E-state index in [9.17, 15) is 0 Å². The maximum atomic E-state index is 8.55. The molecule has 0 saturated heterocycles. The Morgan fingerprint density at radius 1 is 0.467 bits per heavy atom. The molecule has 0 rings (SSSR count). The van der Waals surface area contributed by atoms with Crippen LogP contribution in [0.1, 0.15) is 0 Å². The molecule has 15 heteroatoms. The molecule has 0 saturated carbocycles. The summed E-state index contributed by atoms with van der Waals surface area (Å²) in [7, 11) is -5.39. The van der Waals surface area contributed by atoms with E-state index in [1.165, 1.54) is 0 Å². The number of hydrogen-bond acceptors (Lipinski definition) is 4. The predicted molar refractivity (Wildman–Crippen MR) is 65.1 cm³/mol. The first-order valence-electron chi connectivity index (χ1n) is 0.730. The summed E-state index contributed by atoms with van der Waals surface area (Å²) in [5.74, 6) is 0. The summed E-state index contributed by atoms with van der Waals surface area (Å²) < 4.78 is 8.55. The van der Waals surface area contributed by atoms with Crippen LogP contribution < -0.4 is 14.7 Å². The van der Waals surface area contributed by atoms with E-state index in [4.69, 9.17) is 19.2 Å². The van der Waals surface area contributed by atoms with Crippen LogP contribution in [0.15, 0.2) is 0 Å². The minimum atomic E-state index is -5.39. The fourth-order valence-electron chi connectivity index (χ4n) is 0. The molecule has 0 bridgehead atoms. The van der Waals surface area contributed by atoms with E-state index in [0.717, 1.165) is 0 Å². The fourth-order valence-corrected chi connectivity index (χ4v) is 0. The second-order valence-electron chi connectivity index (χ2n) is 0.447. The standard InChI is InChI=1S/10Ca.H3O4P/c;;;;;;;;;;1-5(2,3)4/h;;;;;;;;;;(H3,1,2,3,4)/q10*+2;/p-3. The Labute approximate surface area is 389 Å². The Kier molecular flexibility index (Phi) is 238. The van der Waals surface area contributed by atoms with Gasteiger partial charge in [0.05, 0.1) is 0 Å². The Morgan fingerprint density at radius 2 is 0.467 bits per heavy atom. The SMILES string of the molecule is O=P([O-])([O-])[O-].[Ca+2].[Ca+2].[Ca+2].[Ca+2].[Ca+2].[Ca+2].[Ca+2].[Ca+2].[Ca+2].[Ca+2]. The predicted octanol–water partition coefficient (Wildman–Crippen LogP) is -6.63. The van der Waals surface area contributed by atoms with Gasteiger partial charge in [-0.25, -0.2) is 0 Å². The molecular weight excluding hydrogens is 496 g/mol. The van der Waals surface area contributed by atoms with Gasteiger partial charge in [-0.3, -0.25) is 0 Å². The average molecular weight is 496 g/mol. The summed E-state index contributed by atoms with van der Waals surface area (Å²) in [6, 6.07) is 0. The van der Waals surface area contributed by atoms with Crippen LogP contribution >= 0.6 is 7.82 Å². The van der Waals surface area contributed by atoms with Gasteiger partial charge in [0.25, 0.3) is 0 Å². The summed E-state index contributed by atoms with van der Waals surface area (Å²) in [4.78, 5) is 25.6. The van der Waals surface area contributed by atoms with Gasteiger partial charge in [-0.1, -0.05) is 0 Å². The smallest absolute Gasteiger partial charge is 0.822 e. The second-order valence-corrected chi connectivity index (χ2v) is 1.34. The largest absolute Gasteiger partial charge is 2.00 e. The molecule has 0 aliphatic rings. The van der Waals surface area contributed by atoms with E-state index in [-0.39, 0.29) is 377 Å². The van der Waals surface area contributed by atoms with Gasteiger partial charge in [0.1, 0.15) is 0 Å². The van der Waals surface area contributed by atoms with Crippen molar-refractivity contribution in [3.8, 4) is 0 Å². The number of hydrogen-bond donors (Lipinski definition) is 0. The molecule has 0 aliphatic heterocycles. The maximum absolute atomic E-state index is 8.55. The molecule has 0 radical (unpaired) electrons. The third-order valence-electron chi connectivity index (χ3n) is 0. The van der Waals surface area contributed by atoms with Gasteiger partial charge < -0.3 is 19.2 Å². The molecule has 0 aromatic heterocycles. The van der Waals surface area contributed by atoms with Gasteiger partial charge in [0.15, 0.2) is 0 Å². The maximum Gasteiger partial charge on any atom is 2.00 e. The normalized spacial score (nSPS) is 3.93. The summed E-state index contributed by atoms with van der Waals surface area (Å²) in [5.41, 5.74) is 0. The van der Waals surface area contributed by atoms with Crippen LogP contribution in [0, 0.1) is 0 Å². The molecule has 0 spiro atoms. The van der Waals surface area contributed by atoms with Crippen molar-refractivity contribution in [3.63, 3.8) is 0 Å². The fraction of sp³-hybridized carbons (Fsp3) is 0. The van der Waals surface area contributed by atoms with Gasteiger partial charge in [0, 0.05) is 0 Å². The number of phosphoric acid groups is 1. The molecule has 0 aromatic carbocycles. The van der Waals surface area contributed by atoms with Crippen molar-refractivity contribution in [1.29, 1.82) is 0 Å². The van der Waals surface area contributed by atoms with Crippen LogP contribution in [0.4, 0.5) is 0 Å². The average Bonchev–Trinajstić information content (AvgIpc) is 0.722. The van der Waals surface area contributed by atoms with Gasteiger partial charge in [-0.2, -0.15) is 7.82 Å². The molecule has 0 aromatic rings. The van der Waals surface area contributed by atoms with Crippen LogP contribution in [0.3, 0.4) is 0 Å². The van der Waals surface area contributed by atoms with E-state index >= 15 is 0 Å². The Morgan fingerprint density at radius 3 is 0.467 bits per heavy atom. The molecule has 32 valence electrons. The van der Waals surface area contributed by atoms with Crippen molar-refractivity contribution in [2.24, 2.45) is 0 Å². The first-order chi connectivity index (χ1) is 2.00. The summed E-state index contributed by atoms with van der Waals surface area (Å²) in [6.45, 7) is 0. The van der Waals surface area contributed by atoms with E-state index in [1.807, 2.05) is 0 Å². The Hall–Kier alpha value is 12.7. The van der Waals surface area contributed by atoms with Gasteiger partial charge in [0.2, 0.25) is 0 Å². The molecule has 0 fully saturated rings. The van der Waals surface area contributed by atoms with Crippen LogP contribution in [0.5, 0.6) is 0 Å². The van der Waals surface area contributed by atoms with E-state index in [0.29, 0.717) is 0 Å². The van der Waals surface area contributed by atoms with Crippen LogP contribution in [0.2, 0.25) is 0 Å². The molecule has 0 aliphatic carbocycles. The molecule has 15 heavy (non-hydrogen) atoms. The third-order valence-corrected chi connectivity index (χ3v) is 0. The quantitative estimate of drug-likeness (QED) is 0.247. The molecular formula is Ca10O4P+17. The topological polar surface area (TPSA) is 86.2 Å². The van der Waals surface area contributed by atoms with Crippen LogP contribution in [-0.4, -0.2) is 377 Å². The zero-order chi connectivity index (χ0) is 4.50. The zero-order valence-corrected chi connectivity index (χ0v) is 32.1. The van der Waals surface area contributed by atoms with Crippen molar-refractivity contribution >= 4 is 385 Å². The van der Waals surface area contributed by atoms with Crippen molar-refractivity contribution in [2.45, 2.75) is 0 Å².